The lowest BCUT2D eigenvalue weighted by atomic mass is 10.0. The molecule has 3 aromatic heterocycles. The van der Waals surface area contributed by atoms with Crippen molar-refractivity contribution in [3.8, 4) is 0 Å². The largest absolute Gasteiger partial charge is 0.345 e. The van der Waals surface area contributed by atoms with Crippen LogP contribution >= 0.6 is 0 Å². The Morgan fingerprint density at radius 2 is 1.69 bits per heavy atom. The average Bonchev–Trinajstić information content (AvgIpc) is 3.30. The summed E-state index contributed by atoms with van der Waals surface area (Å²) in [5, 5.41) is 7.65. The first-order valence-corrected chi connectivity index (χ1v) is 11.7. The van der Waals surface area contributed by atoms with E-state index in [1.54, 1.807) is 35.5 Å². The molecule has 1 aliphatic heterocycles. The number of benzene rings is 1. The lowest BCUT2D eigenvalue weighted by Gasteiger charge is -2.27. The molecule has 176 valence electrons. The van der Waals surface area contributed by atoms with Gasteiger partial charge in [-0.1, -0.05) is 42.5 Å². The van der Waals surface area contributed by atoms with Crippen LogP contribution in [0.5, 0.6) is 0 Å². The molecule has 0 saturated carbocycles. The SMILES string of the molecule is O=C(NCc1ccccn1)c1nn(CCc2ccccc2)c2c1CN(C(=O)c1ccccn1)CC2. The summed E-state index contributed by atoms with van der Waals surface area (Å²) >= 11 is 0. The van der Waals surface area contributed by atoms with Crippen molar-refractivity contribution in [3.05, 3.63) is 113 Å². The first kappa shape index (κ1) is 22.5. The molecule has 0 radical (unpaired) electrons. The Morgan fingerprint density at radius 1 is 0.914 bits per heavy atom. The maximum atomic E-state index is 13.2. The number of hydrogen-bond donors (Lipinski definition) is 1. The van der Waals surface area contributed by atoms with Gasteiger partial charge in [0.05, 0.1) is 18.8 Å². The Balaban J connectivity index is 1.39. The van der Waals surface area contributed by atoms with Gasteiger partial charge in [-0.3, -0.25) is 24.2 Å². The Hall–Kier alpha value is -4.33. The third kappa shape index (κ3) is 5.11. The second-order valence-corrected chi connectivity index (χ2v) is 8.43. The first-order valence-electron chi connectivity index (χ1n) is 11.7. The number of nitrogens with one attached hydrogen (secondary N) is 1. The second-order valence-electron chi connectivity index (χ2n) is 8.43. The van der Waals surface area contributed by atoms with Crippen LogP contribution in [0.25, 0.3) is 0 Å². The molecule has 0 fully saturated rings. The van der Waals surface area contributed by atoms with E-state index in [0.717, 1.165) is 23.4 Å². The van der Waals surface area contributed by atoms with Gasteiger partial charge in [-0.25, -0.2) is 0 Å². The topological polar surface area (TPSA) is 93.0 Å². The summed E-state index contributed by atoms with van der Waals surface area (Å²) in [6.45, 7) is 1.84. The monoisotopic (exact) mass is 466 g/mol. The summed E-state index contributed by atoms with van der Waals surface area (Å²) in [7, 11) is 0. The highest BCUT2D eigenvalue weighted by molar-refractivity contribution is 5.95. The van der Waals surface area contributed by atoms with Crippen LogP contribution in [0.3, 0.4) is 0 Å². The third-order valence-electron chi connectivity index (χ3n) is 6.13. The molecular weight excluding hydrogens is 440 g/mol. The molecule has 0 saturated heterocycles. The molecular formula is C27H26N6O2. The van der Waals surface area contributed by atoms with Crippen molar-refractivity contribution < 1.29 is 9.59 Å². The zero-order valence-corrected chi connectivity index (χ0v) is 19.3. The molecule has 8 heteroatoms. The Kier molecular flexibility index (Phi) is 6.61. The van der Waals surface area contributed by atoms with Gasteiger partial charge in [0.15, 0.2) is 5.69 Å². The van der Waals surface area contributed by atoms with Crippen molar-refractivity contribution in [2.24, 2.45) is 0 Å². The summed E-state index contributed by atoms with van der Waals surface area (Å²) in [5.41, 5.74) is 4.54. The van der Waals surface area contributed by atoms with Crippen molar-refractivity contribution >= 4 is 11.8 Å². The molecule has 0 spiro atoms. The van der Waals surface area contributed by atoms with Gasteiger partial charge in [0, 0.05) is 43.2 Å². The highest BCUT2D eigenvalue weighted by atomic mass is 16.2. The number of aryl methyl sites for hydroxylation is 2. The van der Waals surface area contributed by atoms with Crippen molar-refractivity contribution in [3.63, 3.8) is 0 Å². The summed E-state index contributed by atoms with van der Waals surface area (Å²) in [6, 6.07) is 21.1. The van der Waals surface area contributed by atoms with E-state index in [0.29, 0.717) is 44.0 Å². The number of aromatic nitrogens is 4. The molecule has 1 aliphatic rings. The Bertz CT molecular complexity index is 1310. The fourth-order valence-corrected chi connectivity index (χ4v) is 4.32. The van der Waals surface area contributed by atoms with E-state index >= 15 is 0 Å². The molecule has 0 unspecified atom stereocenters. The minimum absolute atomic E-state index is 0.145. The van der Waals surface area contributed by atoms with Gasteiger partial charge < -0.3 is 10.2 Å². The zero-order chi connectivity index (χ0) is 24.0. The van der Waals surface area contributed by atoms with Crippen molar-refractivity contribution in [1.82, 2.24) is 30.0 Å². The van der Waals surface area contributed by atoms with Crippen LogP contribution in [0.1, 0.15) is 43.5 Å². The number of carbonyl (C=O) groups excluding carboxylic acids is 2. The van der Waals surface area contributed by atoms with E-state index in [1.807, 2.05) is 41.1 Å². The van der Waals surface area contributed by atoms with Gasteiger partial charge in [0.1, 0.15) is 5.69 Å². The van der Waals surface area contributed by atoms with Gasteiger partial charge in [0.2, 0.25) is 0 Å². The number of hydrogen-bond acceptors (Lipinski definition) is 5. The standard InChI is InChI=1S/C27H26N6O2/c34-26(30-18-21-10-4-6-14-28-21)25-22-19-32(27(35)23-11-5-7-15-29-23)16-13-24(22)33(31-25)17-12-20-8-2-1-3-9-20/h1-11,14-15H,12-13,16-19H2,(H,30,34). The number of fused-ring (bicyclic) bond motifs is 1. The third-order valence-corrected chi connectivity index (χ3v) is 6.13. The number of pyridine rings is 2. The molecule has 4 aromatic rings. The average molecular weight is 467 g/mol. The molecule has 5 rings (SSSR count). The number of carbonyl (C=O) groups is 2. The Morgan fingerprint density at radius 3 is 2.43 bits per heavy atom. The highest BCUT2D eigenvalue weighted by Gasteiger charge is 2.30. The lowest BCUT2D eigenvalue weighted by molar-refractivity contribution is 0.0724. The van der Waals surface area contributed by atoms with E-state index in [2.05, 4.69) is 27.4 Å². The summed E-state index contributed by atoms with van der Waals surface area (Å²) < 4.78 is 1.93. The molecule has 35 heavy (non-hydrogen) atoms. The van der Waals surface area contributed by atoms with Gasteiger partial charge >= 0.3 is 0 Å². The molecule has 1 N–H and O–H groups in total. The molecule has 0 aliphatic carbocycles. The Labute approximate surface area is 203 Å². The van der Waals surface area contributed by atoms with E-state index in [4.69, 9.17) is 5.10 Å². The normalized spacial score (nSPS) is 12.7. The molecule has 0 bridgehead atoms. The lowest BCUT2D eigenvalue weighted by Crippen LogP contribution is -2.37. The van der Waals surface area contributed by atoms with E-state index in [-0.39, 0.29) is 11.8 Å². The van der Waals surface area contributed by atoms with Gasteiger partial charge in [-0.05, 0) is 36.2 Å². The summed E-state index contributed by atoms with van der Waals surface area (Å²) in [5.74, 6) is -0.411. The van der Waals surface area contributed by atoms with Crippen LogP contribution in [-0.4, -0.2) is 43.0 Å². The van der Waals surface area contributed by atoms with E-state index < -0.39 is 0 Å². The van der Waals surface area contributed by atoms with E-state index in [9.17, 15) is 9.59 Å². The molecule has 8 nitrogen and oxygen atoms in total. The fraction of sp³-hybridized carbons (Fsp3) is 0.222. The quantitative estimate of drug-likeness (QED) is 0.452. The number of amides is 2. The van der Waals surface area contributed by atoms with Crippen LogP contribution < -0.4 is 5.32 Å². The predicted molar refractivity (Wildman–Crippen MR) is 130 cm³/mol. The smallest absolute Gasteiger partial charge is 0.272 e. The molecule has 1 aromatic carbocycles. The molecule has 0 atom stereocenters. The maximum Gasteiger partial charge on any atom is 0.272 e. The fourth-order valence-electron chi connectivity index (χ4n) is 4.32. The van der Waals surface area contributed by atoms with Crippen LogP contribution in [-0.2, 0) is 32.5 Å². The summed E-state index contributed by atoms with van der Waals surface area (Å²) in [6.07, 6.45) is 4.74. The van der Waals surface area contributed by atoms with Crippen LogP contribution in [0.4, 0.5) is 0 Å². The maximum absolute atomic E-state index is 13.2. The minimum atomic E-state index is -0.266. The van der Waals surface area contributed by atoms with Crippen molar-refractivity contribution in [2.75, 3.05) is 6.54 Å². The zero-order valence-electron chi connectivity index (χ0n) is 19.3. The summed E-state index contributed by atoms with van der Waals surface area (Å²) in [4.78, 5) is 36.4. The van der Waals surface area contributed by atoms with Gasteiger partial charge in [-0.15, -0.1) is 0 Å². The first-order chi connectivity index (χ1) is 17.2. The molecule has 4 heterocycles. The molecule has 2 amide bonds. The predicted octanol–water partition coefficient (Wildman–Crippen LogP) is 3.04. The minimum Gasteiger partial charge on any atom is -0.345 e. The highest BCUT2D eigenvalue weighted by Crippen LogP contribution is 2.24. The van der Waals surface area contributed by atoms with Crippen LogP contribution in [0, 0.1) is 0 Å². The van der Waals surface area contributed by atoms with Crippen LogP contribution in [0.2, 0.25) is 0 Å². The second kappa shape index (κ2) is 10.3. The number of rotatable bonds is 7. The van der Waals surface area contributed by atoms with Crippen LogP contribution in [0.15, 0.2) is 79.1 Å². The van der Waals surface area contributed by atoms with E-state index in [1.165, 1.54) is 5.56 Å². The number of nitrogens with zero attached hydrogens (tertiary/aromatic N) is 5. The van der Waals surface area contributed by atoms with Crippen molar-refractivity contribution in [2.45, 2.75) is 32.5 Å². The van der Waals surface area contributed by atoms with Crippen molar-refractivity contribution in [1.29, 1.82) is 0 Å². The van der Waals surface area contributed by atoms with Gasteiger partial charge in [-0.2, -0.15) is 5.10 Å². The van der Waals surface area contributed by atoms with Gasteiger partial charge in [0.25, 0.3) is 11.8 Å².